The highest BCUT2D eigenvalue weighted by Gasteiger charge is 2.43. The summed E-state index contributed by atoms with van der Waals surface area (Å²) in [6.45, 7) is 1.85. The second-order valence-electron chi connectivity index (χ2n) is 9.67. The Morgan fingerprint density at radius 1 is 1.10 bits per heavy atom. The molecule has 0 unspecified atom stereocenters. The molecule has 3 aromatic rings. The Morgan fingerprint density at radius 2 is 1.88 bits per heavy atom. The number of carboxylic acids is 1. The number of aliphatic carboxylic acids is 1. The zero-order chi connectivity index (χ0) is 28.7. The van der Waals surface area contributed by atoms with Crippen LogP contribution in [0, 0.1) is 6.92 Å². The van der Waals surface area contributed by atoms with Crippen molar-refractivity contribution in [3.8, 4) is 11.3 Å². The summed E-state index contributed by atoms with van der Waals surface area (Å²) < 4.78 is 0. The van der Waals surface area contributed by atoms with Gasteiger partial charge in [-0.25, -0.2) is 4.98 Å². The number of fused-ring (bicyclic) bond motifs is 2. The van der Waals surface area contributed by atoms with Gasteiger partial charge in [-0.1, -0.05) is 6.07 Å². The Balaban J connectivity index is 1.60. The molecule has 12 nitrogen and oxygen atoms in total. The van der Waals surface area contributed by atoms with E-state index in [0.29, 0.717) is 29.9 Å². The highest BCUT2D eigenvalue weighted by atomic mass is 16.4. The van der Waals surface area contributed by atoms with Crippen LogP contribution in [0.3, 0.4) is 0 Å². The zero-order valence-corrected chi connectivity index (χ0v) is 21.8. The van der Waals surface area contributed by atoms with Gasteiger partial charge in [0.2, 0.25) is 11.8 Å². The van der Waals surface area contributed by atoms with Gasteiger partial charge in [-0.3, -0.25) is 33.9 Å². The van der Waals surface area contributed by atoms with Crippen LogP contribution in [-0.4, -0.2) is 62.7 Å². The van der Waals surface area contributed by atoms with Crippen molar-refractivity contribution in [2.75, 3.05) is 17.3 Å². The fourth-order valence-electron chi connectivity index (χ4n) is 5.05. The third-order valence-electron chi connectivity index (χ3n) is 7.05. The van der Waals surface area contributed by atoms with E-state index in [4.69, 9.17) is 15.8 Å². The molecular weight excluding hydrogens is 516 g/mol. The summed E-state index contributed by atoms with van der Waals surface area (Å²) in [4.78, 5) is 73.9. The number of imide groups is 1. The monoisotopic (exact) mass is 542 g/mol. The molecule has 0 saturated heterocycles. The van der Waals surface area contributed by atoms with Crippen LogP contribution < -0.4 is 16.0 Å². The molecule has 4 N–H and O–H groups in total. The molecule has 0 spiro atoms. The molecule has 4 amide bonds. The van der Waals surface area contributed by atoms with Gasteiger partial charge in [-0.05, 0) is 43.7 Å². The number of anilines is 3. The van der Waals surface area contributed by atoms with Crippen molar-refractivity contribution >= 4 is 46.7 Å². The minimum Gasteiger partial charge on any atom is -0.481 e. The summed E-state index contributed by atoms with van der Waals surface area (Å²) in [5.41, 5.74) is 9.76. The van der Waals surface area contributed by atoms with E-state index >= 15 is 0 Å². The zero-order valence-electron chi connectivity index (χ0n) is 21.8. The lowest BCUT2D eigenvalue weighted by atomic mass is 10.0. The summed E-state index contributed by atoms with van der Waals surface area (Å²) in [6, 6.07) is 8.68. The van der Waals surface area contributed by atoms with Gasteiger partial charge >= 0.3 is 5.97 Å². The Kier molecular flexibility index (Phi) is 6.76. The number of nitrogens with two attached hydrogens (primary N) is 1. The molecule has 0 radical (unpaired) electrons. The number of nitrogens with one attached hydrogen (secondary N) is 1. The summed E-state index contributed by atoms with van der Waals surface area (Å²) in [7, 11) is 1.67. The van der Waals surface area contributed by atoms with Gasteiger partial charge < -0.3 is 21.1 Å². The predicted molar refractivity (Wildman–Crippen MR) is 144 cm³/mol. The van der Waals surface area contributed by atoms with Crippen LogP contribution in [0.1, 0.15) is 51.4 Å². The molecule has 2 aliphatic rings. The average Bonchev–Trinajstić information content (AvgIpc) is 3.16. The Hall–Kier alpha value is -5.13. The number of amides is 4. The number of nitrogens with zero attached hydrogens (tertiary/aromatic N) is 4. The van der Waals surface area contributed by atoms with Crippen LogP contribution >= 0.6 is 0 Å². The Morgan fingerprint density at radius 3 is 2.58 bits per heavy atom. The standard InChI is InChI=1S/C28H26N6O6/c1-14-12-15(10-11-30-14)25-19(13-21-17(32-25)6-8-22(35)33(21)2)31-18-5-3-4-16-24(18)28(40)34(27(16)39)20(26(29)38)7-9-23(36)37/h3-5,10-13,20,31H,6-9H2,1-2H3,(H2,29,38)(H,36,37)/t20-/m0/s1. The lowest BCUT2D eigenvalue weighted by molar-refractivity contribution is -0.137. The highest BCUT2D eigenvalue weighted by Crippen LogP contribution is 2.39. The lowest BCUT2D eigenvalue weighted by Crippen LogP contribution is -2.48. The van der Waals surface area contributed by atoms with Gasteiger partial charge in [0.25, 0.3) is 11.8 Å². The maximum Gasteiger partial charge on any atom is 0.303 e. The van der Waals surface area contributed by atoms with Crippen molar-refractivity contribution in [2.24, 2.45) is 5.73 Å². The van der Waals surface area contributed by atoms with Crippen molar-refractivity contribution in [2.45, 2.75) is 38.6 Å². The number of pyridine rings is 2. The van der Waals surface area contributed by atoms with Crippen LogP contribution in [-0.2, 0) is 20.8 Å². The molecule has 0 aliphatic carbocycles. The minimum atomic E-state index is -1.42. The lowest BCUT2D eigenvalue weighted by Gasteiger charge is -2.27. The molecule has 40 heavy (non-hydrogen) atoms. The molecule has 4 heterocycles. The first-order valence-electron chi connectivity index (χ1n) is 12.6. The van der Waals surface area contributed by atoms with E-state index in [9.17, 15) is 24.0 Å². The van der Waals surface area contributed by atoms with Gasteiger partial charge in [0, 0.05) is 43.8 Å². The van der Waals surface area contributed by atoms with Crippen LogP contribution in [0.2, 0.25) is 0 Å². The Labute approximate surface area is 228 Å². The van der Waals surface area contributed by atoms with E-state index in [1.165, 1.54) is 11.0 Å². The fraction of sp³-hybridized carbons (Fsp3) is 0.250. The van der Waals surface area contributed by atoms with Gasteiger partial charge in [0.15, 0.2) is 0 Å². The van der Waals surface area contributed by atoms with Crippen LogP contribution in [0.4, 0.5) is 17.1 Å². The van der Waals surface area contributed by atoms with E-state index in [-0.39, 0.29) is 29.1 Å². The van der Waals surface area contributed by atoms with Gasteiger partial charge in [0.1, 0.15) is 6.04 Å². The van der Waals surface area contributed by atoms with Crippen LogP contribution in [0.15, 0.2) is 42.6 Å². The normalized spacial score (nSPS) is 15.1. The summed E-state index contributed by atoms with van der Waals surface area (Å²) in [5, 5.41) is 12.3. The number of carbonyl (C=O) groups excluding carboxylic acids is 4. The highest BCUT2D eigenvalue weighted by molar-refractivity contribution is 6.25. The quantitative estimate of drug-likeness (QED) is 0.361. The fourth-order valence-corrected chi connectivity index (χ4v) is 5.05. The van der Waals surface area contributed by atoms with Gasteiger partial charge in [0.05, 0.1) is 39.6 Å². The number of aryl methyl sites for hydroxylation is 2. The van der Waals surface area contributed by atoms with Crippen molar-refractivity contribution in [3.63, 3.8) is 0 Å². The number of carboxylic acid groups (broad SMARTS) is 1. The molecule has 12 heteroatoms. The third-order valence-corrected chi connectivity index (χ3v) is 7.05. The largest absolute Gasteiger partial charge is 0.481 e. The van der Waals surface area contributed by atoms with Gasteiger partial charge in [-0.15, -0.1) is 0 Å². The molecular formula is C28H26N6O6. The maximum absolute atomic E-state index is 13.6. The van der Waals surface area contributed by atoms with Crippen molar-refractivity contribution in [1.82, 2.24) is 14.9 Å². The number of benzene rings is 1. The number of carbonyl (C=O) groups is 5. The summed E-state index contributed by atoms with van der Waals surface area (Å²) >= 11 is 0. The average molecular weight is 543 g/mol. The van der Waals surface area contributed by atoms with E-state index < -0.39 is 36.2 Å². The minimum absolute atomic E-state index is 0.0214. The van der Waals surface area contributed by atoms with E-state index in [0.717, 1.165) is 21.9 Å². The third kappa shape index (κ3) is 4.64. The molecule has 1 atom stereocenters. The molecule has 204 valence electrons. The second-order valence-corrected chi connectivity index (χ2v) is 9.67. The summed E-state index contributed by atoms with van der Waals surface area (Å²) in [6.07, 6.45) is 1.71. The van der Waals surface area contributed by atoms with Gasteiger partial charge in [-0.2, -0.15) is 0 Å². The first-order chi connectivity index (χ1) is 19.1. The number of rotatable bonds is 8. The smallest absolute Gasteiger partial charge is 0.303 e. The van der Waals surface area contributed by atoms with Crippen LogP contribution in [0.5, 0.6) is 0 Å². The van der Waals surface area contributed by atoms with E-state index in [2.05, 4.69) is 10.3 Å². The van der Waals surface area contributed by atoms with Crippen molar-refractivity contribution < 1.29 is 29.1 Å². The molecule has 1 aromatic carbocycles. The molecule has 0 bridgehead atoms. The maximum atomic E-state index is 13.6. The molecule has 5 rings (SSSR count). The molecule has 2 aliphatic heterocycles. The summed E-state index contributed by atoms with van der Waals surface area (Å²) in [5.74, 6) is -3.73. The topological polar surface area (TPSA) is 176 Å². The SMILES string of the molecule is Cc1cc(-c2nc3c(cc2Nc2cccc4c2C(=O)N([C@@H](CCC(=O)O)C(N)=O)C4=O)N(C)C(=O)CC3)ccn1. The number of aromatic nitrogens is 2. The Bertz CT molecular complexity index is 1600. The van der Waals surface area contributed by atoms with Crippen molar-refractivity contribution in [3.05, 3.63) is 65.1 Å². The molecule has 2 aromatic heterocycles. The molecule has 0 saturated carbocycles. The van der Waals surface area contributed by atoms with E-state index in [1.807, 2.05) is 13.0 Å². The number of hydrogen-bond acceptors (Lipinski definition) is 8. The first kappa shape index (κ1) is 26.5. The second kappa shape index (κ2) is 10.2. The first-order valence-corrected chi connectivity index (χ1v) is 12.6. The molecule has 0 fully saturated rings. The predicted octanol–water partition coefficient (Wildman–Crippen LogP) is 2.42. The van der Waals surface area contributed by atoms with Crippen molar-refractivity contribution in [1.29, 1.82) is 0 Å². The van der Waals surface area contributed by atoms with E-state index in [1.54, 1.807) is 37.5 Å². The number of hydrogen-bond donors (Lipinski definition) is 3. The van der Waals surface area contributed by atoms with Crippen LogP contribution in [0.25, 0.3) is 11.3 Å². The number of primary amides is 1.